The van der Waals surface area contributed by atoms with E-state index in [4.69, 9.17) is 9.47 Å². The van der Waals surface area contributed by atoms with Gasteiger partial charge < -0.3 is 14.3 Å². The van der Waals surface area contributed by atoms with Gasteiger partial charge in [0.15, 0.2) is 0 Å². The summed E-state index contributed by atoms with van der Waals surface area (Å²) < 4.78 is 11.5. The van der Waals surface area contributed by atoms with Crippen molar-refractivity contribution in [2.75, 3.05) is 20.3 Å². The van der Waals surface area contributed by atoms with Crippen molar-refractivity contribution in [1.29, 1.82) is 0 Å². The third kappa shape index (κ3) is 7.35. The minimum Gasteiger partial charge on any atom is -0.490 e. The first-order chi connectivity index (χ1) is 13.6. The van der Waals surface area contributed by atoms with Crippen molar-refractivity contribution in [1.82, 2.24) is 4.98 Å². The summed E-state index contributed by atoms with van der Waals surface area (Å²) in [4.78, 5) is 8.97. The Labute approximate surface area is 172 Å². The van der Waals surface area contributed by atoms with E-state index < -0.39 is 0 Å². The molecule has 2 rings (SSSR count). The molecule has 0 aliphatic heterocycles. The van der Waals surface area contributed by atoms with Crippen LogP contribution in [0, 0.1) is 13.8 Å². The molecule has 5 nitrogen and oxygen atoms in total. The molecule has 0 unspecified atom stereocenters. The maximum Gasteiger partial charge on any atom is 0.273 e. The average molecular weight is 403 g/mol. The molecule has 0 aliphatic rings. The zero-order valence-corrected chi connectivity index (χ0v) is 18.1. The van der Waals surface area contributed by atoms with Crippen LogP contribution in [0.4, 0.5) is 0 Å². The fourth-order valence-corrected chi connectivity index (χ4v) is 3.56. The second-order valence-electron chi connectivity index (χ2n) is 6.53. The summed E-state index contributed by atoms with van der Waals surface area (Å²) in [6, 6.07) is 4.28. The lowest BCUT2D eigenvalue weighted by molar-refractivity contribution is 0.215. The van der Waals surface area contributed by atoms with Crippen LogP contribution in [0.2, 0.25) is 0 Å². The van der Waals surface area contributed by atoms with Gasteiger partial charge in [-0.05, 0) is 75.3 Å². The number of aryl methyl sites for hydroxylation is 2. The van der Waals surface area contributed by atoms with Crippen LogP contribution in [-0.4, -0.2) is 31.5 Å². The molecule has 152 valence electrons. The van der Waals surface area contributed by atoms with Gasteiger partial charge in [-0.1, -0.05) is 28.6 Å². The summed E-state index contributed by atoms with van der Waals surface area (Å²) in [6.07, 6.45) is 9.97. The summed E-state index contributed by atoms with van der Waals surface area (Å²) in [7, 11) is 1.51. The van der Waals surface area contributed by atoms with Crippen LogP contribution in [0.25, 0.3) is 0 Å². The average Bonchev–Trinajstić information content (AvgIpc) is 3.12. The molecule has 0 fully saturated rings. The zero-order valence-electron chi connectivity index (χ0n) is 17.2. The monoisotopic (exact) mass is 402 g/mol. The van der Waals surface area contributed by atoms with Crippen molar-refractivity contribution in [2.45, 2.75) is 46.5 Å². The van der Waals surface area contributed by atoms with Crippen LogP contribution in [0.1, 0.15) is 48.6 Å². The smallest absolute Gasteiger partial charge is 0.273 e. The fourth-order valence-electron chi connectivity index (χ4n) is 2.91. The van der Waals surface area contributed by atoms with Crippen LogP contribution < -0.4 is 9.47 Å². The maximum atomic E-state index is 5.76. The van der Waals surface area contributed by atoms with Crippen molar-refractivity contribution >= 4 is 17.6 Å². The molecule has 0 atom stereocenters. The van der Waals surface area contributed by atoms with Gasteiger partial charge in [0.1, 0.15) is 19.5 Å². The highest BCUT2D eigenvalue weighted by Crippen LogP contribution is 2.24. The normalized spacial score (nSPS) is 11.4. The number of thiazole rings is 1. The van der Waals surface area contributed by atoms with Gasteiger partial charge in [0.05, 0.1) is 18.5 Å². The molecule has 0 amide bonds. The first-order valence-electron chi connectivity index (χ1n) is 9.63. The predicted molar refractivity (Wildman–Crippen MR) is 116 cm³/mol. The summed E-state index contributed by atoms with van der Waals surface area (Å²) >= 11 is 1.48. The third-order valence-corrected chi connectivity index (χ3v) is 5.11. The van der Waals surface area contributed by atoms with Crippen LogP contribution in [0.15, 0.2) is 34.8 Å². The molecule has 0 N–H and O–H groups in total. The summed E-state index contributed by atoms with van der Waals surface area (Å²) in [6.45, 7) is 7.64. The van der Waals surface area contributed by atoms with E-state index in [1.807, 2.05) is 24.5 Å². The Bertz CT molecular complexity index is 761. The first-order valence-corrected chi connectivity index (χ1v) is 10.5. The van der Waals surface area contributed by atoms with Gasteiger partial charge in [0.25, 0.3) is 5.19 Å². The molecule has 0 bridgehead atoms. The van der Waals surface area contributed by atoms with E-state index in [0.29, 0.717) is 18.4 Å². The summed E-state index contributed by atoms with van der Waals surface area (Å²) in [5.74, 6) is 0.948. The van der Waals surface area contributed by atoms with E-state index in [1.54, 1.807) is 6.21 Å². The Morgan fingerprint density at radius 2 is 1.89 bits per heavy atom. The number of benzene rings is 1. The lowest BCUT2D eigenvalue weighted by Crippen LogP contribution is -2.00. The van der Waals surface area contributed by atoms with Gasteiger partial charge in [-0.3, -0.25) is 0 Å². The van der Waals surface area contributed by atoms with Crippen molar-refractivity contribution in [3.05, 3.63) is 52.0 Å². The van der Waals surface area contributed by atoms with Crippen molar-refractivity contribution in [2.24, 2.45) is 5.16 Å². The van der Waals surface area contributed by atoms with E-state index in [0.717, 1.165) is 37.1 Å². The quantitative estimate of drug-likeness (QED) is 0.204. The number of nitrogens with zero attached hydrogens (tertiary/aromatic N) is 2. The molecule has 0 spiro atoms. The van der Waals surface area contributed by atoms with Gasteiger partial charge in [0, 0.05) is 5.38 Å². The highest BCUT2D eigenvalue weighted by atomic mass is 32.1. The van der Waals surface area contributed by atoms with Crippen LogP contribution in [0.3, 0.4) is 0 Å². The highest BCUT2D eigenvalue weighted by Gasteiger charge is 2.06. The summed E-state index contributed by atoms with van der Waals surface area (Å²) in [5.41, 5.74) is 4.80. The Kier molecular flexibility index (Phi) is 9.55. The molecule has 2 aromatic rings. The molecule has 1 aromatic carbocycles. The number of aromatic nitrogens is 1. The number of hydrogen-bond donors (Lipinski definition) is 0. The molecule has 1 heterocycles. The fraction of sp³-hybridized carbons (Fsp3) is 0.455. The van der Waals surface area contributed by atoms with Crippen LogP contribution in [0.5, 0.6) is 10.9 Å². The lowest BCUT2D eigenvalue weighted by atomic mass is 9.97. The van der Waals surface area contributed by atoms with Gasteiger partial charge in [0.2, 0.25) is 0 Å². The SMILES string of the molecule is C/C=C/COc1cc(C)c(CCCCCOc2nc(C=NOC)cs2)c(C)c1. The third-order valence-electron chi connectivity index (χ3n) is 4.34. The minimum absolute atomic E-state index is 0.620. The highest BCUT2D eigenvalue weighted by molar-refractivity contribution is 7.11. The largest absolute Gasteiger partial charge is 0.490 e. The number of ether oxygens (including phenoxy) is 2. The van der Waals surface area contributed by atoms with E-state index >= 15 is 0 Å². The van der Waals surface area contributed by atoms with E-state index in [1.165, 1.54) is 35.1 Å². The van der Waals surface area contributed by atoms with E-state index in [-0.39, 0.29) is 0 Å². The van der Waals surface area contributed by atoms with Crippen molar-refractivity contribution < 1.29 is 14.3 Å². The topological polar surface area (TPSA) is 52.9 Å². The molecule has 1 aromatic heterocycles. The van der Waals surface area contributed by atoms with Gasteiger partial charge in [-0.15, -0.1) is 0 Å². The number of oxime groups is 1. The van der Waals surface area contributed by atoms with Crippen LogP contribution >= 0.6 is 11.3 Å². The number of allylic oxidation sites excluding steroid dienone is 1. The first kappa shape index (κ1) is 22.0. The Hall–Kier alpha value is -2.34. The number of rotatable bonds is 12. The zero-order chi connectivity index (χ0) is 20.2. The maximum absolute atomic E-state index is 5.76. The molecule has 6 heteroatoms. The molecular formula is C22H30N2O3S. The Balaban J connectivity index is 1.70. The molecule has 0 saturated heterocycles. The predicted octanol–water partition coefficient (Wildman–Crippen LogP) is 5.49. The number of unbranched alkanes of at least 4 members (excludes halogenated alkanes) is 2. The second kappa shape index (κ2) is 12.2. The Morgan fingerprint density at radius 3 is 2.61 bits per heavy atom. The van der Waals surface area contributed by atoms with Gasteiger partial charge in [-0.25, -0.2) is 4.98 Å². The van der Waals surface area contributed by atoms with E-state index in [2.05, 4.69) is 41.0 Å². The standard InChI is InChI=1S/C22H30N2O3S/c1-5-6-11-26-20-13-17(2)21(18(3)14-20)10-8-7-9-12-27-22-24-19(16-28-22)15-23-25-4/h5-6,13-16H,7-12H2,1-4H3/b6-5+,23-15?. The lowest BCUT2D eigenvalue weighted by Gasteiger charge is -2.13. The minimum atomic E-state index is 0.620. The van der Waals surface area contributed by atoms with Crippen LogP contribution in [-0.2, 0) is 11.3 Å². The second-order valence-corrected chi connectivity index (χ2v) is 7.35. The molecule has 0 radical (unpaired) electrons. The van der Waals surface area contributed by atoms with E-state index in [9.17, 15) is 0 Å². The molecule has 28 heavy (non-hydrogen) atoms. The Morgan fingerprint density at radius 1 is 1.11 bits per heavy atom. The van der Waals surface area contributed by atoms with Crippen molar-refractivity contribution in [3.8, 4) is 10.9 Å². The molecular weight excluding hydrogens is 372 g/mol. The van der Waals surface area contributed by atoms with Crippen molar-refractivity contribution in [3.63, 3.8) is 0 Å². The number of hydrogen-bond acceptors (Lipinski definition) is 6. The van der Waals surface area contributed by atoms with Gasteiger partial charge in [-0.2, -0.15) is 0 Å². The summed E-state index contributed by atoms with van der Waals surface area (Å²) in [5, 5.41) is 6.27. The van der Waals surface area contributed by atoms with Gasteiger partial charge >= 0.3 is 0 Å². The molecule has 0 saturated carbocycles. The molecule has 0 aliphatic carbocycles.